The lowest BCUT2D eigenvalue weighted by Gasteiger charge is -2.23. The molecule has 1 unspecified atom stereocenters. The molecule has 1 aliphatic heterocycles. The smallest absolute Gasteiger partial charge is 0.328 e. The number of aryl methyl sites for hydroxylation is 1. The number of rotatable bonds is 2. The van der Waals surface area contributed by atoms with E-state index >= 15 is 0 Å². The van der Waals surface area contributed by atoms with E-state index in [0.29, 0.717) is 30.0 Å². The molecule has 0 spiro atoms. The van der Waals surface area contributed by atoms with Crippen LogP contribution in [0.25, 0.3) is 5.78 Å². The largest absolute Gasteiger partial charge is 0.467 e. The molecule has 21 heavy (non-hydrogen) atoms. The van der Waals surface area contributed by atoms with E-state index in [9.17, 15) is 9.59 Å². The minimum absolute atomic E-state index is 0.231. The van der Waals surface area contributed by atoms with Crippen LogP contribution in [0.3, 0.4) is 0 Å². The van der Waals surface area contributed by atoms with Crippen LogP contribution in [-0.4, -0.2) is 56.1 Å². The summed E-state index contributed by atoms with van der Waals surface area (Å²) in [7, 11) is 1.33. The van der Waals surface area contributed by atoms with Gasteiger partial charge >= 0.3 is 5.97 Å². The Morgan fingerprint density at radius 3 is 2.95 bits per heavy atom. The molecule has 2 aromatic rings. The maximum Gasteiger partial charge on any atom is 0.328 e. The van der Waals surface area contributed by atoms with Crippen molar-refractivity contribution in [3.63, 3.8) is 0 Å². The number of likely N-dealkylation sites (tertiary alicyclic amines) is 1. The molecule has 0 saturated carbocycles. The highest BCUT2D eigenvalue weighted by atomic mass is 16.5. The summed E-state index contributed by atoms with van der Waals surface area (Å²) in [5.41, 5.74) is 1.07. The van der Waals surface area contributed by atoms with Crippen molar-refractivity contribution in [2.24, 2.45) is 0 Å². The molecule has 8 nitrogen and oxygen atoms in total. The van der Waals surface area contributed by atoms with Gasteiger partial charge in [0, 0.05) is 12.7 Å². The van der Waals surface area contributed by atoms with Crippen LogP contribution in [0.2, 0.25) is 0 Å². The zero-order valence-electron chi connectivity index (χ0n) is 11.8. The summed E-state index contributed by atoms with van der Waals surface area (Å²) in [5, 5.41) is 4.04. The Kier molecular flexibility index (Phi) is 3.28. The van der Waals surface area contributed by atoms with Crippen LogP contribution >= 0.6 is 0 Å². The van der Waals surface area contributed by atoms with E-state index in [0.717, 1.165) is 6.42 Å². The summed E-state index contributed by atoms with van der Waals surface area (Å²) in [4.78, 5) is 34.1. The van der Waals surface area contributed by atoms with Gasteiger partial charge in [0.25, 0.3) is 11.7 Å². The third kappa shape index (κ3) is 2.12. The molecule has 1 amide bonds. The van der Waals surface area contributed by atoms with E-state index < -0.39 is 6.04 Å². The molecule has 3 heterocycles. The number of methoxy groups -OCH3 is 1. The highest BCUT2D eigenvalue weighted by Gasteiger charge is 2.36. The fraction of sp³-hybridized carbons (Fsp3) is 0.462. The topological polar surface area (TPSA) is 89.7 Å². The first-order valence-corrected chi connectivity index (χ1v) is 6.67. The summed E-state index contributed by atoms with van der Waals surface area (Å²) >= 11 is 0. The molecule has 3 rings (SSSR count). The molecule has 0 radical (unpaired) electrons. The van der Waals surface area contributed by atoms with Gasteiger partial charge in [-0.2, -0.15) is 10.1 Å². The second kappa shape index (κ2) is 5.12. The molecule has 0 aliphatic carbocycles. The number of carbonyl (C=O) groups excluding carboxylic acids is 2. The monoisotopic (exact) mass is 289 g/mol. The van der Waals surface area contributed by atoms with Gasteiger partial charge < -0.3 is 9.64 Å². The standard InChI is InChI=1S/C13H15N5O3/c1-8-9(6-14-13-15-7-16-18(8)13)11(19)17-5-3-4-10(17)12(20)21-2/h6-7,10H,3-5H2,1-2H3. The molecule has 2 aromatic heterocycles. The van der Waals surface area contributed by atoms with Gasteiger partial charge in [-0.1, -0.05) is 0 Å². The van der Waals surface area contributed by atoms with E-state index in [1.54, 1.807) is 11.8 Å². The number of esters is 1. The van der Waals surface area contributed by atoms with Gasteiger partial charge in [-0.15, -0.1) is 0 Å². The summed E-state index contributed by atoms with van der Waals surface area (Å²) in [6, 6.07) is -0.520. The summed E-state index contributed by atoms with van der Waals surface area (Å²) < 4.78 is 6.27. The van der Waals surface area contributed by atoms with E-state index in [1.807, 2.05) is 0 Å². The summed E-state index contributed by atoms with van der Waals surface area (Å²) in [6.07, 6.45) is 4.27. The van der Waals surface area contributed by atoms with Crippen molar-refractivity contribution in [2.45, 2.75) is 25.8 Å². The highest BCUT2D eigenvalue weighted by Crippen LogP contribution is 2.22. The minimum atomic E-state index is -0.520. The van der Waals surface area contributed by atoms with E-state index in [-0.39, 0.29) is 11.9 Å². The Labute approximate surface area is 120 Å². The SMILES string of the molecule is COC(=O)C1CCCN1C(=O)c1cnc2ncnn2c1C. The second-order valence-electron chi connectivity index (χ2n) is 4.91. The van der Waals surface area contributed by atoms with Crippen molar-refractivity contribution in [3.05, 3.63) is 23.8 Å². The normalized spacial score (nSPS) is 18.2. The molecule has 1 aliphatic rings. The third-order valence-corrected chi connectivity index (χ3v) is 3.76. The summed E-state index contributed by atoms with van der Waals surface area (Å²) in [5.74, 6) is -0.173. The highest BCUT2D eigenvalue weighted by molar-refractivity contribution is 5.97. The molecule has 1 atom stereocenters. The lowest BCUT2D eigenvalue weighted by Crippen LogP contribution is -2.41. The zero-order valence-corrected chi connectivity index (χ0v) is 11.8. The van der Waals surface area contributed by atoms with Gasteiger partial charge in [0.05, 0.1) is 18.4 Å². The van der Waals surface area contributed by atoms with Crippen LogP contribution in [-0.2, 0) is 9.53 Å². The van der Waals surface area contributed by atoms with E-state index in [4.69, 9.17) is 4.74 Å². The van der Waals surface area contributed by atoms with Crippen LogP contribution in [0.5, 0.6) is 0 Å². The van der Waals surface area contributed by atoms with Gasteiger partial charge in [0.1, 0.15) is 12.4 Å². The molecule has 8 heteroatoms. The van der Waals surface area contributed by atoms with Crippen molar-refractivity contribution >= 4 is 17.7 Å². The predicted molar refractivity (Wildman–Crippen MR) is 71.6 cm³/mol. The fourth-order valence-corrected chi connectivity index (χ4v) is 2.65. The van der Waals surface area contributed by atoms with Crippen LogP contribution in [0.15, 0.2) is 12.5 Å². The molecule has 0 bridgehead atoms. The van der Waals surface area contributed by atoms with Crippen molar-refractivity contribution in [3.8, 4) is 0 Å². The molecule has 1 saturated heterocycles. The van der Waals surface area contributed by atoms with Crippen LogP contribution < -0.4 is 0 Å². The first-order chi connectivity index (χ1) is 10.1. The predicted octanol–water partition coefficient (Wildman–Crippen LogP) is 0.210. The molecular weight excluding hydrogens is 274 g/mol. The molecule has 0 aromatic carbocycles. The average Bonchev–Trinajstić information content (AvgIpc) is 3.15. The van der Waals surface area contributed by atoms with Gasteiger partial charge in [-0.05, 0) is 19.8 Å². The van der Waals surface area contributed by atoms with Crippen molar-refractivity contribution in [2.75, 3.05) is 13.7 Å². The fourth-order valence-electron chi connectivity index (χ4n) is 2.65. The lowest BCUT2D eigenvalue weighted by molar-refractivity contribution is -0.145. The number of hydrogen-bond acceptors (Lipinski definition) is 6. The molecule has 1 fully saturated rings. The number of ether oxygens (including phenoxy) is 1. The number of amides is 1. The number of carbonyl (C=O) groups is 2. The third-order valence-electron chi connectivity index (χ3n) is 3.76. The zero-order chi connectivity index (χ0) is 15.0. The first kappa shape index (κ1) is 13.5. The van der Waals surface area contributed by atoms with Gasteiger partial charge in [-0.25, -0.2) is 14.3 Å². The minimum Gasteiger partial charge on any atom is -0.467 e. The van der Waals surface area contributed by atoms with Crippen LogP contribution in [0, 0.1) is 6.92 Å². The number of nitrogens with zero attached hydrogens (tertiary/aromatic N) is 5. The number of aromatic nitrogens is 4. The maximum atomic E-state index is 12.7. The lowest BCUT2D eigenvalue weighted by atomic mass is 10.2. The number of fused-ring (bicyclic) bond motifs is 1. The Hall–Kier alpha value is -2.51. The van der Waals surface area contributed by atoms with Crippen molar-refractivity contribution in [1.82, 2.24) is 24.5 Å². The Balaban J connectivity index is 1.96. The van der Waals surface area contributed by atoms with Gasteiger partial charge in [-0.3, -0.25) is 4.79 Å². The van der Waals surface area contributed by atoms with Gasteiger partial charge in [0.15, 0.2) is 0 Å². The van der Waals surface area contributed by atoms with Crippen molar-refractivity contribution < 1.29 is 14.3 Å². The quantitative estimate of drug-likeness (QED) is 0.734. The Morgan fingerprint density at radius 1 is 1.38 bits per heavy atom. The summed E-state index contributed by atoms with van der Waals surface area (Å²) in [6.45, 7) is 2.31. The van der Waals surface area contributed by atoms with Crippen molar-refractivity contribution in [1.29, 1.82) is 0 Å². The van der Waals surface area contributed by atoms with Crippen LogP contribution in [0.1, 0.15) is 28.9 Å². The number of hydrogen-bond donors (Lipinski definition) is 0. The molecule has 110 valence electrons. The van der Waals surface area contributed by atoms with E-state index in [1.165, 1.54) is 24.1 Å². The average molecular weight is 289 g/mol. The second-order valence-corrected chi connectivity index (χ2v) is 4.91. The molecule has 0 N–H and O–H groups in total. The maximum absolute atomic E-state index is 12.7. The van der Waals surface area contributed by atoms with Gasteiger partial charge in [0.2, 0.25) is 0 Å². The first-order valence-electron chi connectivity index (χ1n) is 6.67. The van der Waals surface area contributed by atoms with Crippen LogP contribution in [0.4, 0.5) is 0 Å². The Bertz CT molecular complexity index is 711. The molecular formula is C13H15N5O3. The Morgan fingerprint density at radius 2 is 2.19 bits per heavy atom. The van der Waals surface area contributed by atoms with E-state index in [2.05, 4.69) is 15.1 Å².